The third-order valence-corrected chi connectivity index (χ3v) is 15.2. The van der Waals surface area contributed by atoms with E-state index in [2.05, 4.69) is 102 Å². The highest BCUT2D eigenvalue weighted by Gasteiger charge is 2.25. The molecule has 6 aromatic carbocycles. The van der Waals surface area contributed by atoms with Crippen LogP contribution in [-0.4, -0.2) is 0 Å². The molecule has 6 aromatic rings. The van der Waals surface area contributed by atoms with E-state index in [-0.39, 0.29) is 0 Å². The van der Waals surface area contributed by atoms with Crippen LogP contribution in [0.25, 0.3) is 32.3 Å². The summed E-state index contributed by atoms with van der Waals surface area (Å²) in [7, 11) is 0. The normalized spacial score (nSPS) is 17.5. The molecule has 0 atom stereocenters. The molecule has 51 heavy (non-hydrogen) atoms. The third kappa shape index (κ3) is 5.61. The zero-order chi connectivity index (χ0) is 34.2. The van der Waals surface area contributed by atoms with Crippen LogP contribution in [0.3, 0.4) is 0 Å². The molecule has 0 heterocycles. The Balaban J connectivity index is 0.0000000964. The molecule has 0 aromatic heterocycles. The van der Waals surface area contributed by atoms with Gasteiger partial charge in [0, 0.05) is 13.4 Å². The van der Waals surface area contributed by atoms with E-state index in [0.29, 0.717) is 0 Å². The van der Waals surface area contributed by atoms with Gasteiger partial charge in [-0.2, -0.15) is 0 Å². The van der Waals surface area contributed by atoms with Crippen LogP contribution in [0, 0.1) is 0 Å². The Kier molecular flexibility index (Phi) is 8.73. The highest BCUT2D eigenvalue weighted by atomic mass is 79.9. The number of hydrogen-bond donors (Lipinski definition) is 0. The molecule has 0 radical (unpaired) electrons. The summed E-state index contributed by atoms with van der Waals surface area (Å²) in [6, 6.07) is 21.4. The van der Waals surface area contributed by atoms with Crippen molar-refractivity contribution >= 4 is 80.1 Å². The highest BCUT2D eigenvalue weighted by Crippen LogP contribution is 2.44. The van der Waals surface area contributed by atoms with Crippen LogP contribution in [-0.2, 0) is 77.0 Å². The molecule has 258 valence electrons. The fraction of sp³-hybridized carbons (Fsp3) is 0.375. The van der Waals surface area contributed by atoms with Crippen molar-refractivity contribution in [3.63, 3.8) is 0 Å². The molecule has 6 aliphatic carbocycles. The van der Waals surface area contributed by atoms with Crippen molar-refractivity contribution in [1.82, 2.24) is 0 Å². The van der Waals surface area contributed by atoms with Crippen LogP contribution < -0.4 is 0 Å². The summed E-state index contributed by atoms with van der Waals surface area (Å²) in [4.78, 5) is 0. The summed E-state index contributed by atoms with van der Waals surface area (Å²) in [6.45, 7) is 0. The first-order valence-electron chi connectivity index (χ1n) is 19.8. The van der Waals surface area contributed by atoms with Gasteiger partial charge >= 0.3 is 0 Å². The first-order valence-corrected chi connectivity index (χ1v) is 22.2. The van der Waals surface area contributed by atoms with Crippen molar-refractivity contribution in [2.75, 3.05) is 0 Å². The monoisotopic (exact) mass is 858 g/mol. The molecule has 0 bridgehead atoms. The van der Waals surface area contributed by atoms with E-state index in [1.54, 1.807) is 99.1 Å². The second-order valence-corrected chi connectivity index (χ2v) is 18.6. The van der Waals surface area contributed by atoms with Gasteiger partial charge in [0.25, 0.3) is 0 Å². The summed E-state index contributed by atoms with van der Waals surface area (Å²) in [5.74, 6) is 0. The van der Waals surface area contributed by atoms with Gasteiger partial charge in [-0.25, -0.2) is 0 Å². The summed E-state index contributed by atoms with van der Waals surface area (Å²) in [5.41, 5.74) is 18.9. The molecule has 0 spiro atoms. The Morgan fingerprint density at radius 3 is 0.804 bits per heavy atom. The molecule has 0 N–H and O–H groups in total. The molecular formula is C48H45Br3. The van der Waals surface area contributed by atoms with Crippen molar-refractivity contribution in [2.24, 2.45) is 0 Å². The molecule has 0 aliphatic heterocycles. The summed E-state index contributed by atoms with van der Waals surface area (Å²) in [6.07, 6.45) is 22.9. The third-order valence-electron chi connectivity index (χ3n) is 13.1. The lowest BCUT2D eigenvalue weighted by Crippen LogP contribution is -2.10. The van der Waals surface area contributed by atoms with Gasteiger partial charge in [0.1, 0.15) is 0 Å². The Morgan fingerprint density at radius 1 is 0.255 bits per heavy atom. The maximum atomic E-state index is 3.79. The quantitative estimate of drug-likeness (QED) is 0.143. The number of rotatable bonds is 0. The van der Waals surface area contributed by atoms with Crippen LogP contribution in [0.15, 0.2) is 68.0 Å². The minimum Gasteiger partial charge on any atom is -0.0581 e. The lowest BCUT2D eigenvalue weighted by atomic mass is 9.80. The molecule has 0 amide bonds. The molecular weight excluding hydrogens is 816 g/mol. The van der Waals surface area contributed by atoms with Gasteiger partial charge in [-0.3, -0.25) is 0 Å². The summed E-state index contributed by atoms with van der Waals surface area (Å²) in [5, 5.41) is 9.60. The minimum absolute atomic E-state index is 1.23. The SMILES string of the molecule is Brc1cc2c3c(c(Br)cc4c3c1CCC4)CCC2.Brc1cc2c3c(ccc4c3c1CCC4)CCC2.c1cc2c3c(ccc4c3c1CCC4)CCC2. The van der Waals surface area contributed by atoms with Crippen LogP contribution in [0.1, 0.15) is 105 Å². The fourth-order valence-corrected chi connectivity index (χ4v) is 12.9. The van der Waals surface area contributed by atoms with E-state index in [9.17, 15) is 0 Å². The standard InChI is InChI=1S/C16H14Br2.C16H15Br.C16H16/c17-13-8-10-4-2-6-12-14(18)7-9-3-1-5-11(13)15(9)16(10)12;17-14-9-12-5-1-3-10-7-8-11-4-2-6-13(14)16(11)15(10)12;1-3-11-7-9-13-5-2-6-14-10-8-12(4-1)15(11)16(13)14/h7-8H,1-6H2;7-9H,1-6H2;7-10H,1-6H2. The summed E-state index contributed by atoms with van der Waals surface area (Å²) >= 11 is 11.4. The maximum Gasteiger partial charge on any atom is 0.0216 e. The zero-order valence-corrected chi connectivity index (χ0v) is 34.3. The average Bonchev–Trinajstić information content (AvgIpc) is 3.17. The van der Waals surface area contributed by atoms with Gasteiger partial charge in [-0.1, -0.05) is 84.2 Å². The number of aryl methyl sites for hydroxylation is 12. The van der Waals surface area contributed by atoms with Gasteiger partial charge in [0.2, 0.25) is 0 Å². The fourth-order valence-electron chi connectivity index (χ4n) is 10.8. The molecule has 0 unspecified atom stereocenters. The Morgan fingerprint density at radius 2 is 0.471 bits per heavy atom. The van der Waals surface area contributed by atoms with Crippen molar-refractivity contribution in [2.45, 2.75) is 116 Å². The van der Waals surface area contributed by atoms with Gasteiger partial charge in [-0.15, -0.1) is 0 Å². The number of halogens is 3. The van der Waals surface area contributed by atoms with Crippen LogP contribution >= 0.6 is 47.8 Å². The summed E-state index contributed by atoms with van der Waals surface area (Å²) < 4.78 is 4.02. The van der Waals surface area contributed by atoms with Gasteiger partial charge in [0.05, 0.1) is 0 Å². The van der Waals surface area contributed by atoms with Crippen LogP contribution in [0.4, 0.5) is 0 Å². The lowest BCUT2D eigenvalue weighted by Gasteiger charge is -2.26. The van der Waals surface area contributed by atoms with Gasteiger partial charge in [0.15, 0.2) is 0 Å². The van der Waals surface area contributed by atoms with E-state index in [1.165, 1.54) is 129 Å². The maximum absolute atomic E-state index is 3.79. The second kappa shape index (κ2) is 13.4. The first-order chi connectivity index (χ1) is 25.0. The van der Waals surface area contributed by atoms with Gasteiger partial charge in [-0.05, 0) is 233 Å². The Labute approximate surface area is 328 Å². The molecule has 0 nitrogen and oxygen atoms in total. The van der Waals surface area contributed by atoms with E-state index in [1.807, 2.05) is 0 Å². The van der Waals surface area contributed by atoms with Crippen LogP contribution in [0.2, 0.25) is 0 Å². The van der Waals surface area contributed by atoms with Gasteiger partial charge < -0.3 is 0 Å². The average molecular weight is 862 g/mol. The smallest absolute Gasteiger partial charge is 0.0216 e. The van der Waals surface area contributed by atoms with Crippen molar-refractivity contribution in [3.05, 3.63) is 135 Å². The molecule has 0 saturated heterocycles. The Hall–Kier alpha value is -2.46. The minimum atomic E-state index is 1.23. The second-order valence-electron chi connectivity index (χ2n) is 16.0. The van der Waals surface area contributed by atoms with Crippen molar-refractivity contribution < 1.29 is 0 Å². The van der Waals surface area contributed by atoms with Crippen LogP contribution in [0.5, 0.6) is 0 Å². The molecule has 6 aliphatic rings. The topological polar surface area (TPSA) is 0 Å². The van der Waals surface area contributed by atoms with E-state index < -0.39 is 0 Å². The zero-order valence-electron chi connectivity index (χ0n) is 29.6. The van der Waals surface area contributed by atoms with Crippen molar-refractivity contribution in [1.29, 1.82) is 0 Å². The van der Waals surface area contributed by atoms with Crippen molar-refractivity contribution in [3.8, 4) is 0 Å². The van der Waals surface area contributed by atoms with E-state index in [0.717, 1.165) is 0 Å². The molecule has 0 saturated carbocycles. The van der Waals surface area contributed by atoms with E-state index in [4.69, 9.17) is 0 Å². The highest BCUT2D eigenvalue weighted by molar-refractivity contribution is 9.11. The predicted octanol–water partition coefficient (Wildman–Crippen LogP) is 13.7. The Bertz CT molecular complexity index is 2260. The van der Waals surface area contributed by atoms with E-state index >= 15 is 0 Å². The molecule has 12 rings (SSSR count). The predicted molar refractivity (Wildman–Crippen MR) is 227 cm³/mol. The molecule has 0 fully saturated rings. The lowest BCUT2D eigenvalue weighted by molar-refractivity contribution is 0.781. The molecule has 3 heteroatoms. The number of hydrogen-bond acceptors (Lipinski definition) is 0. The number of benzene rings is 6. The largest absolute Gasteiger partial charge is 0.0581 e. The first kappa shape index (κ1) is 33.1.